The van der Waals surface area contributed by atoms with Crippen molar-refractivity contribution in [1.82, 2.24) is 4.90 Å². The van der Waals surface area contributed by atoms with E-state index in [1.165, 1.54) is 6.07 Å². The SMILES string of the molecule is CCN(Cc1ccc(N)cc1)Cc1cccc(F)c1F. The number of nitrogens with zero attached hydrogens (tertiary/aromatic N) is 1. The average Bonchev–Trinajstić information content (AvgIpc) is 2.45. The molecule has 2 aromatic rings. The zero-order valence-electron chi connectivity index (χ0n) is 11.4. The molecule has 4 heteroatoms. The molecule has 0 amide bonds. The predicted molar refractivity (Wildman–Crippen MR) is 77.0 cm³/mol. The minimum Gasteiger partial charge on any atom is -0.399 e. The third-order valence-electron chi connectivity index (χ3n) is 3.26. The van der Waals surface area contributed by atoms with Crippen molar-refractivity contribution in [3.63, 3.8) is 0 Å². The van der Waals surface area contributed by atoms with Crippen LogP contribution in [0.4, 0.5) is 14.5 Å². The summed E-state index contributed by atoms with van der Waals surface area (Å²) in [5.74, 6) is -1.56. The van der Waals surface area contributed by atoms with Gasteiger partial charge in [0.2, 0.25) is 0 Å². The lowest BCUT2D eigenvalue weighted by Crippen LogP contribution is -2.23. The summed E-state index contributed by atoms with van der Waals surface area (Å²) in [5.41, 5.74) is 7.83. The molecule has 0 spiro atoms. The molecular formula is C16H18F2N2. The van der Waals surface area contributed by atoms with Crippen LogP contribution in [0, 0.1) is 11.6 Å². The maximum atomic E-state index is 13.7. The lowest BCUT2D eigenvalue weighted by atomic mass is 10.1. The second-order valence-corrected chi connectivity index (χ2v) is 4.76. The summed E-state index contributed by atoms with van der Waals surface area (Å²) in [4.78, 5) is 2.05. The normalized spacial score (nSPS) is 11.0. The van der Waals surface area contributed by atoms with E-state index in [9.17, 15) is 8.78 Å². The van der Waals surface area contributed by atoms with Crippen LogP contribution in [0.1, 0.15) is 18.1 Å². The van der Waals surface area contributed by atoms with Gasteiger partial charge < -0.3 is 5.73 Å². The average molecular weight is 276 g/mol. The van der Waals surface area contributed by atoms with Gasteiger partial charge in [-0.05, 0) is 30.3 Å². The molecule has 0 aliphatic heterocycles. The number of nitrogen functional groups attached to an aromatic ring is 1. The molecule has 106 valence electrons. The van der Waals surface area contributed by atoms with Crippen LogP contribution in [0.15, 0.2) is 42.5 Å². The van der Waals surface area contributed by atoms with Gasteiger partial charge in [-0.2, -0.15) is 0 Å². The summed E-state index contributed by atoms with van der Waals surface area (Å²) < 4.78 is 26.9. The molecule has 2 rings (SSSR count). The van der Waals surface area contributed by atoms with Crippen molar-refractivity contribution in [2.45, 2.75) is 20.0 Å². The van der Waals surface area contributed by atoms with E-state index in [2.05, 4.69) is 0 Å². The van der Waals surface area contributed by atoms with Gasteiger partial charge in [0.15, 0.2) is 11.6 Å². The highest BCUT2D eigenvalue weighted by Crippen LogP contribution is 2.16. The predicted octanol–water partition coefficient (Wildman–Crippen LogP) is 3.57. The van der Waals surface area contributed by atoms with E-state index >= 15 is 0 Å². The van der Waals surface area contributed by atoms with Crippen molar-refractivity contribution in [1.29, 1.82) is 0 Å². The molecule has 2 N–H and O–H groups in total. The number of hydrogen-bond donors (Lipinski definition) is 1. The van der Waals surface area contributed by atoms with Gasteiger partial charge in [-0.25, -0.2) is 8.78 Å². The molecule has 0 aromatic heterocycles. The van der Waals surface area contributed by atoms with Crippen LogP contribution in [0.2, 0.25) is 0 Å². The Morgan fingerprint density at radius 3 is 2.35 bits per heavy atom. The Bertz CT molecular complexity index is 567. The van der Waals surface area contributed by atoms with Crippen LogP contribution >= 0.6 is 0 Å². The Balaban J connectivity index is 2.09. The molecule has 0 aliphatic carbocycles. The fourth-order valence-corrected chi connectivity index (χ4v) is 2.07. The molecule has 0 atom stereocenters. The molecule has 2 aromatic carbocycles. The number of hydrogen-bond acceptors (Lipinski definition) is 2. The first-order chi connectivity index (χ1) is 9.60. The molecule has 0 saturated heterocycles. The van der Waals surface area contributed by atoms with E-state index in [-0.39, 0.29) is 0 Å². The van der Waals surface area contributed by atoms with Crippen LogP contribution in [-0.2, 0) is 13.1 Å². The molecule has 0 aliphatic rings. The van der Waals surface area contributed by atoms with E-state index < -0.39 is 11.6 Å². The topological polar surface area (TPSA) is 29.3 Å². The summed E-state index contributed by atoms with van der Waals surface area (Å²) >= 11 is 0. The van der Waals surface area contributed by atoms with Crippen molar-refractivity contribution < 1.29 is 8.78 Å². The van der Waals surface area contributed by atoms with Crippen molar-refractivity contribution in [2.75, 3.05) is 12.3 Å². The first-order valence-corrected chi connectivity index (χ1v) is 6.59. The van der Waals surface area contributed by atoms with Crippen molar-refractivity contribution in [3.05, 3.63) is 65.2 Å². The van der Waals surface area contributed by atoms with Gasteiger partial charge in [-0.1, -0.05) is 31.2 Å². The van der Waals surface area contributed by atoms with E-state index in [0.717, 1.165) is 18.2 Å². The number of benzene rings is 2. The second-order valence-electron chi connectivity index (χ2n) is 4.76. The molecule has 0 fully saturated rings. The molecule has 0 radical (unpaired) electrons. The van der Waals surface area contributed by atoms with Gasteiger partial charge in [0.05, 0.1) is 0 Å². The highest BCUT2D eigenvalue weighted by molar-refractivity contribution is 5.39. The lowest BCUT2D eigenvalue weighted by Gasteiger charge is -2.21. The van der Waals surface area contributed by atoms with Crippen LogP contribution in [0.5, 0.6) is 0 Å². The Labute approximate surface area is 117 Å². The fourth-order valence-electron chi connectivity index (χ4n) is 2.07. The van der Waals surface area contributed by atoms with Gasteiger partial charge in [0, 0.05) is 24.3 Å². The summed E-state index contributed by atoms with van der Waals surface area (Å²) in [6, 6.07) is 11.8. The van der Waals surface area contributed by atoms with Crippen LogP contribution in [-0.4, -0.2) is 11.4 Å². The number of rotatable bonds is 5. The standard InChI is InChI=1S/C16H18F2N2/c1-2-20(10-12-6-8-14(19)9-7-12)11-13-4-3-5-15(17)16(13)18/h3-9H,2,10-11,19H2,1H3. The zero-order valence-corrected chi connectivity index (χ0v) is 11.4. The van der Waals surface area contributed by atoms with Crippen LogP contribution in [0.3, 0.4) is 0 Å². The summed E-state index contributed by atoms with van der Waals surface area (Å²) in [6.45, 7) is 3.80. The number of anilines is 1. The highest BCUT2D eigenvalue weighted by Gasteiger charge is 2.11. The maximum absolute atomic E-state index is 13.7. The van der Waals surface area contributed by atoms with Crippen LogP contribution in [0.25, 0.3) is 0 Å². The Kier molecular flexibility index (Phi) is 4.69. The first-order valence-electron chi connectivity index (χ1n) is 6.59. The summed E-state index contributed by atoms with van der Waals surface area (Å²) in [6.07, 6.45) is 0. The maximum Gasteiger partial charge on any atom is 0.163 e. The largest absolute Gasteiger partial charge is 0.399 e. The van der Waals surface area contributed by atoms with E-state index in [4.69, 9.17) is 5.73 Å². The van der Waals surface area contributed by atoms with Gasteiger partial charge >= 0.3 is 0 Å². The molecule has 0 heterocycles. The number of nitrogens with two attached hydrogens (primary N) is 1. The molecule has 20 heavy (non-hydrogen) atoms. The third kappa shape index (κ3) is 3.54. The van der Waals surface area contributed by atoms with Gasteiger partial charge in [-0.3, -0.25) is 4.90 Å². The zero-order chi connectivity index (χ0) is 14.5. The summed E-state index contributed by atoms with van der Waals surface area (Å²) in [5, 5.41) is 0. The molecule has 0 bridgehead atoms. The number of halogens is 2. The highest BCUT2D eigenvalue weighted by atomic mass is 19.2. The van der Waals surface area contributed by atoms with E-state index in [1.807, 2.05) is 36.1 Å². The van der Waals surface area contributed by atoms with Crippen molar-refractivity contribution in [2.24, 2.45) is 0 Å². The van der Waals surface area contributed by atoms with Crippen LogP contribution < -0.4 is 5.73 Å². The molecule has 0 saturated carbocycles. The molecule has 0 unspecified atom stereocenters. The Hall–Kier alpha value is -1.94. The fraction of sp³-hybridized carbons (Fsp3) is 0.250. The lowest BCUT2D eigenvalue weighted by molar-refractivity contribution is 0.266. The monoisotopic (exact) mass is 276 g/mol. The van der Waals surface area contributed by atoms with Gasteiger partial charge in [-0.15, -0.1) is 0 Å². The minimum absolute atomic E-state index is 0.377. The quantitative estimate of drug-likeness (QED) is 0.846. The smallest absolute Gasteiger partial charge is 0.163 e. The minimum atomic E-state index is -0.800. The van der Waals surface area contributed by atoms with E-state index in [1.54, 1.807) is 6.07 Å². The van der Waals surface area contributed by atoms with Gasteiger partial charge in [0.1, 0.15) is 0 Å². The van der Waals surface area contributed by atoms with E-state index in [0.29, 0.717) is 24.3 Å². The Morgan fingerprint density at radius 1 is 1.00 bits per heavy atom. The van der Waals surface area contributed by atoms with Crippen molar-refractivity contribution >= 4 is 5.69 Å². The molecule has 2 nitrogen and oxygen atoms in total. The van der Waals surface area contributed by atoms with Crippen molar-refractivity contribution in [3.8, 4) is 0 Å². The summed E-state index contributed by atoms with van der Waals surface area (Å²) in [7, 11) is 0. The first kappa shape index (κ1) is 14.5. The Morgan fingerprint density at radius 2 is 1.70 bits per heavy atom. The molecular weight excluding hydrogens is 258 g/mol. The third-order valence-corrected chi connectivity index (χ3v) is 3.26. The second kappa shape index (κ2) is 6.48. The van der Waals surface area contributed by atoms with Gasteiger partial charge in [0.25, 0.3) is 0 Å².